The van der Waals surface area contributed by atoms with E-state index in [0.29, 0.717) is 12.0 Å². The summed E-state index contributed by atoms with van der Waals surface area (Å²) < 4.78 is 4.63. The topological polar surface area (TPSA) is 70.3 Å². The second kappa shape index (κ2) is 6.45. The Hall–Kier alpha value is -2.28. The zero-order chi connectivity index (χ0) is 13.5. The van der Waals surface area contributed by atoms with Crippen LogP contribution < -0.4 is 0 Å². The highest BCUT2D eigenvalue weighted by atomic mass is 16.7. The van der Waals surface area contributed by atoms with Crippen molar-refractivity contribution in [2.24, 2.45) is 0 Å². The van der Waals surface area contributed by atoms with Gasteiger partial charge in [0, 0.05) is 6.42 Å². The summed E-state index contributed by atoms with van der Waals surface area (Å²) in [6.45, 7) is 3.61. The Morgan fingerprint density at radius 1 is 1.61 bits per heavy atom. The first-order valence-electron chi connectivity index (χ1n) is 5.58. The Morgan fingerprint density at radius 2 is 2.33 bits per heavy atom. The summed E-state index contributed by atoms with van der Waals surface area (Å²) in [5.74, 6) is 0. The molecule has 0 saturated heterocycles. The van der Waals surface area contributed by atoms with E-state index in [1.54, 1.807) is 19.1 Å². The highest BCUT2D eigenvalue weighted by Gasteiger charge is 2.07. The third-order valence-electron chi connectivity index (χ3n) is 2.34. The van der Waals surface area contributed by atoms with Gasteiger partial charge in [-0.15, -0.1) is 0 Å². The number of ether oxygens (including phenoxy) is 1. The van der Waals surface area contributed by atoms with E-state index in [9.17, 15) is 4.79 Å². The van der Waals surface area contributed by atoms with Gasteiger partial charge in [0.15, 0.2) is 0 Å². The third kappa shape index (κ3) is 4.71. The molecule has 0 aliphatic carbocycles. The number of carbonyl (C=O) groups is 1. The highest BCUT2D eigenvalue weighted by molar-refractivity contribution is 5.57. The van der Waals surface area contributed by atoms with E-state index in [2.05, 4.69) is 10.8 Å². The SMILES string of the molecule is CC(=Cc1cccc(C#N)c1)CC(C)OC(=O)O. The van der Waals surface area contributed by atoms with E-state index in [0.717, 1.165) is 11.1 Å². The Kier molecular flexibility index (Phi) is 4.94. The molecule has 1 aromatic carbocycles. The van der Waals surface area contributed by atoms with Gasteiger partial charge in [0.2, 0.25) is 0 Å². The number of benzene rings is 1. The Labute approximate surface area is 106 Å². The van der Waals surface area contributed by atoms with Crippen molar-refractivity contribution in [1.29, 1.82) is 5.26 Å². The standard InChI is InChI=1S/C14H15NO3/c1-10(6-11(2)18-14(16)17)7-12-4-3-5-13(8-12)9-15/h3-5,7-8,11H,6H2,1-2H3,(H,16,17). The summed E-state index contributed by atoms with van der Waals surface area (Å²) in [4.78, 5) is 10.4. The maximum absolute atomic E-state index is 10.4. The molecule has 18 heavy (non-hydrogen) atoms. The van der Waals surface area contributed by atoms with E-state index in [4.69, 9.17) is 10.4 Å². The number of rotatable bonds is 4. The predicted octanol–water partition coefficient (Wildman–Crippen LogP) is 3.43. The average Bonchev–Trinajstić information content (AvgIpc) is 2.27. The van der Waals surface area contributed by atoms with E-state index in [1.807, 2.05) is 25.1 Å². The van der Waals surface area contributed by atoms with Crippen LogP contribution in [0.1, 0.15) is 31.4 Å². The molecule has 1 unspecified atom stereocenters. The monoisotopic (exact) mass is 245 g/mol. The lowest BCUT2D eigenvalue weighted by atomic mass is 10.1. The van der Waals surface area contributed by atoms with Crippen LogP contribution in [0.5, 0.6) is 0 Å². The van der Waals surface area contributed by atoms with E-state index < -0.39 is 6.16 Å². The lowest BCUT2D eigenvalue weighted by molar-refractivity contribution is 0.0594. The van der Waals surface area contributed by atoms with Crippen LogP contribution in [0.4, 0.5) is 4.79 Å². The fourth-order valence-electron chi connectivity index (χ4n) is 1.71. The van der Waals surface area contributed by atoms with Crippen molar-refractivity contribution in [2.45, 2.75) is 26.4 Å². The van der Waals surface area contributed by atoms with Gasteiger partial charge in [-0.1, -0.05) is 23.8 Å². The molecule has 0 fully saturated rings. The van der Waals surface area contributed by atoms with Crippen LogP contribution in [0.2, 0.25) is 0 Å². The molecule has 0 aliphatic heterocycles. The van der Waals surface area contributed by atoms with E-state index in [-0.39, 0.29) is 6.10 Å². The zero-order valence-corrected chi connectivity index (χ0v) is 10.4. The molecule has 0 saturated carbocycles. The minimum absolute atomic E-state index is 0.377. The number of hydrogen-bond acceptors (Lipinski definition) is 3. The fraction of sp³-hybridized carbons (Fsp3) is 0.286. The minimum atomic E-state index is -1.26. The van der Waals surface area contributed by atoms with Gasteiger partial charge in [-0.2, -0.15) is 5.26 Å². The van der Waals surface area contributed by atoms with Crippen LogP contribution in [0, 0.1) is 11.3 Å². The first-order chi connectivity index (χ1) is 8.51. The summed E-state index contributed by atoms with van der Waals surface area (Å²) in [6.07, 6.45) is 0.811. The predicted molar refractivity (Wildman–Crippen MR) is 68.0 cm³/mol. The Balaban J connectivity index is 2.70. The Bertz CT molecular complexity index is 500. The van der Waals surface area contributed by atoms with Gasteiger partial charge in [-0.25, -0.2) is 4.79 Å². The first-order valence-corrected chi connectivity index (χ1v) is 5.58. The number of nitrogens with zero attached hydrogens (tertiary/aromatic N) is 1. The summed E-state index contributed by atoms with van der Waals surface area (Å²) in [5, 5.41) is 17.3. The van der Waals surface area contributed by atoms with Crippen LogP contribution >= 0.6 is 0 Å². The lowest BCUT2D eigenvalue weighted by Gasteiger charge is -2.10. The summed E-state index contributed by atoms with van der Waals surface area (Å²) in [7, 11) is 0. The second-order valence-electron chi connectivity index (χ2n) is 4.13. The molecular weight excluding hydrogens is 230 g/mol. The van der Waals surface area contributed by atoms with Crippen molar-refractivity contribution in [2.75, 3.05) is 0 Å². The van der Waals surface area contributed by atoms with Gasteiger partial charge < -0.3 is 9.84 Å². The fourth-order valence-corrected chi connectivity index (χ4v) is 1.71. The maximum atomic E-state index is 10.4. The van der Waals surface area contributed by atoms with Gasteiger partial charge >= 0.3 is 6.16 Å². The van der Waals surface area contributed by atoms with Gasteiger partial charge in [-0.05, 0) is 31.5 Å². The van der Waals surface area contributed by atoms with Crippen LogP contribution in [-0.2, 0) is 4.74 Å². The van der Waals surface area contributed by atoms with Gasteiger partial charge in [0.05, 0.1) is 11.6 Å². The molecule has 0 aromatic heterocycles. The molecule has 4 nitrogen and oxygen atoms in total. The second-order valence-corrected chi connectivity index (χ2v) is 4.13. The molecule has 1 N–H and O–H groups in total. The third-order valence-corrected chi connectivity index (χ3v) is 2.34. The normalized spacial score (nSPS) is 12.6. The van der Waals surface area contributed by atoms with Crippen molar-refractivity contribution in [3.05, 3.63) is 41.0 Å². The number of nitriles is 1. The molecular formula is C14H15NO3. The van der Waals surface area contributed by atoms with Crippen molar-refractivity contribution in [3.8, 4) is 6.07 Å². The number of hydrogen-bond donors (Lipinski definition) is 1. The van der Waals surface area contributed by atoms with Crippen LogP contribution in [0.25, 0.3) is 6.08 Å². The average molecular weight is 245 g/mol. The van der Waals surface area contributed by atoms with Gasteiger partial charge in [0.1, 0.15) is 6.10 Å². The zero-order valence-electron chi connectivity index (χ0n) is 10.4. The molecule has 0 amide bonds. The van der Waals surface area contributed by atoms with Crippen LogP contribution in [0.15, 0.2) is 29.8 Å². The van der Waals surface area contributed by atoms with E-state index >= 15 is 0 Å². The highest BCUT2D eigenvalue weighted by Crippen LogP contribution is 2.14. The Morgan fingerprint density at radius 3 is 2.94 bits per heavy atom. The van der Waals surface area contributed by atoms with Gasteiger partial charge in [-0.3, -0.25) is 0 Å². The van der Waals surface area contributed by atoms with Crippen LogP contribution in [-0.4, -0.2) is 17.4 Å². The molecule has 0 spiro atoms. The lowest BCUT2D eigenvalue weighted by Crippen LogP contribution is -2.12. The number of carboxylic acid groups (broad SMARTS) is 1. The summed E-state index contributed by atoms with van der Waals surface area (Å²) in [6, 6.07) is 9.31. The van der Waals surface area contributed by atoms with E-state index in [1.165, 1.54) is 0 Å². The van der Waals surface area contributed by atoms with Crippen LogP contribution in [0.3, 0.4) is 0 Å². The van der Waals surface area contributed by atoms with Crippen molar-refractivity contribution < 1.29 is 14.6 Å². The van der Waals surface area contributed by atoms with Crippen molar-refractivity contribution >= 4 is 12.2 Å². The minimum Gasteiger partial charge on any atom is -0.450 e. The molecule has 4 heteroatoms. The van der Waals surface area contributed by atoms with Crippen molar-refractivity contribution in [1.82, 2.24) is 0 Å². The summed E-state index contributed by atoms with van der Waals surface area (Å²) in [5.41, 5.74) is 2.53. The van der Waals surface area contributed by atoms with Gasteiger partial charge in [0.25, 0.3) is 0 Å². The molecule has 0 radical (unpaired) electrons. The molecule has 0 bridgehead atoms. The quantitative estimate of drug-likeness (QED) is 0.825. The maximum Gasteiger partial charge on any atom is 0.506 e. The molecule has 0 heterocycles. The molecule has 1 aromatic rings. The molecule has 0 aliphatic rings. The molecule has 1 atom stereocenters. The largest absolute Gasteiger partial charge is 0.506 e. The molecule has 94 valence electrons. The summed E-state index contributed by atoms with van der Waals surface area (Å²) >= 11 is 0. The smallest absolute Gasteiger partial charge is 0.450 e. The first kappa shape index (κ1) is 13.8. The molecule has 1 rings (SSSR count). The van der Waals surface area contributed by atoms with Crippen molar-refractivity contribution in [3.63, 3.8) is 0 Å².